The average Bonchev–Trinajstić information content (AvgIpc) is 2.98. The van der Waals surface area contributed by atoms with Crippen LogP contribution in [-0.2, 0) is 9.47 Å². The fraction of sp³-hybridized carbons (Fsp3) is 0.353. The van der Waals surface area contributed by atoms with Crippen LogP contribution in [0.3, 0.4) is 0 Å². The summed E-state index contributed by atoms with van der Waals surface area (Å²) >= 11 is 0. The zero-order valence-electron chi connectivity index (χ0n) is 13.2. The molecule has 1 saturated heterocycles. The molecule has 24 heavy (non-hydrogen) atoms. The molecule has 3 rings (SSSR count). The molecule has 0 spiro atoms. The number of carbonyl (C=O) groups is 1. The molecule has 1 fully saturated rings. The van der Waals surface area contributed by atoms with Crippen molar-refractivity contribution < 1.29 is 14.3 Å². The van der Waals surface area contributed by atoms with Gasteiger partial charge in [0.05, 0.1) is 11.7 Å². The van der Waals surface area contributed by atoms with Gasteiger partial charge in [-0.2, -0.15) is 0 Å². The molecule has 0 saturated carbocycles. The molecule has 3 atom stereocenters. The number of carbonyl (C=O) groups excluding carboxylic acids is 1. The van der Waals surface area contributed by atoms with Crippen LogP contribution in [0, 0.1) is 0 Å². The Morgan fingerprint density at radius 1 is 1.29 bits per heavy atom. The maximum absolute atomic E-state index is 12.2. The molecule has 0 amide bonds. The van der Waals surface area contributed by atoms with Crippen LogP contribution in [0.5, 0.6) is 0 Å². The van der Waals surface area contributed by atoms with Gasteiger partial charge in [-0.1, -0.05) is 25.1 Å². The number of nitrogens with zero attached hydrogens (tertiary/aromatic N) is 1. The molecule has 7 nitrogen and oxygen atoms in total. The zero-order valence-corrected chi connectivity index (χ0v) is 13.2. The van der Waals surface area contributed by atoms with Crippen molar-refractivity contribution in [1.82, 2.24) is 9.55 Å². The van der Waals surface area contributed by atoms with Gasteiger partial charge in [0, 0.05) is 18.7 Å². The highest BCUT2D eigenvalue weighted by Crippen LogP contribution is 2.31. The quantitative estimate of drug-likeness (QED) is 0.857. The fourth-order valence-corrected chi connectivity index (χ4v) is 2.79. The Morgan fingerprint density at radius 3 is 2.71 bits per heavy atom. The predicted molar refractivity (Wildman–Crippen MR) is 85.8 cm³/mol. The SMILES string of the molecule is CC[C@@H]1O[C@H](n2ccc(=O)[nH]c2=O)CC1OC(=O)c1ccccc1. The summed E-state index contributed by atoms with van der Waals surface area (Å²) in [6, 6.07) is 9.98. The second-order valence-electron chi connectivity index (χ2n) is 5.60. The van der Waals surface area contributed by atoms with Crippen molar-refractivity contribution >= 4 is 5.97 Å². The molecule has 1 unspecified atom stereocenters. The molecule has 1 aromatic carbocycles. The normalized spacial score (nSPS) is 23.1. The van der Waals surface area contributed by atoms with Crippen molar-refractivity contribution in [1.29, 1.82) is 0 Å². The number of hydrogen-bond donors (Lipinski definition) is 1. The van der Waals surface area contributed by atoms with Crippen molar-refractivity contribution in [2.24, 2.45) is 0 Å². The lowest BCUT2D eigenvalue weighted by Gasteiger charge is -2.17. The summed E-state index contributed by atoms with van der Waals surface area (Å²) < 4.78 is 12.7. The van der Waals surface area contributed by atoms with Crippen LogP contribution in [-0.4, -0.2) is 27.7 Å². The zero-order chi connectivity index (χ0) is 17.1. The van der Waals surface area contributed by atoms with Gasteiger partial charge < -0.3 is 9.47 Å². The standard InChI is InChI=1S/C17H18N2O5/c1-2-12-13(24-16(21)11-6-4-3-5-7-11)10-15(23-12)19-9-8-14(20)18-17(19)22/h3-9,12-13,15H,2,10H2,1H3,(H,18,20,22)/t12-,13?,15-/m0/s1. The van der Waals surface area contributed by atoms with Crippen LogP contribution in [0.4, 0.5) is 0 Å². The topological polar surface area (TPSA) is 90.4 Å². The first kappa shape index (κ1) is 16.2. The van der Waals surface area contributed by atoms with Gasteiger partial charge >= 0.3 is 11.7 Å². The second kappa shape index (κ2) is 6.84. The average molecular weight is 330 g/mol. The predicted octanol–water partition coefficient (Wildman–Crippen LogP) is 1.46. The smallest absolute Gasteiger partial charge is 0.338 e. The summed E-state index contributed by atoms with van der Waals surface area (Å²) in [5, 5.41) is 0. The van der Waals surface area contributed by atoms with Gasteiger partial charge in [0.1, 0.15) is 12.3 Å². The Hall–Kier alpha value is -2.67. The van der Waals surface area contributed by atoms with E-state index in [4.69, 9.17) is 9.47 Å². The van der Waals surface area contributed by atoms with E-state index in [0.29, 0.717) is 18.4 Å². The molecule has 1 aliphatic heterocycles. The van der Waals surface area contributed by atoms with E-state index in [-0.39, 0.29) is 6.10 Å². The van der Waals surface area contributed by atoms with E-state index in [2.05, 4.69) is 4.98 Å². The molecule has 2 heterocycles. The van der Waals surface area contributed by atoms with Crippen LogP contribution in [0.15, 0.2) is 52.2 Å². The monoisotopic (exact) mass is 330 g/mol. The summed E-state index contributed by atoms with van der Waals surface area (Å²) in [6.07, 6.45) is 1.05. The van der Waals surface area contributed by atoms with Gasteiger partial charge in [-0.25, -0.2) is 9.59 Å². The maximum atomic E-state index is 12.2. The molecule has 0 aliphatic carbocycles. The number of esters is 1. The second-order valence-corrected chi connectivity index (χ2v) is 5.60. The van der Waals surface area contributed by atoms with Gasteiger partial charge in [0.2, 0.25) is 0 Å². The third-order valence-corrected chi connectivity index (χ3v) is 4.01. The van der Waals surface area contributed by atoms with E-state index in [1.807, 2.05) is 13.0 Å². The minimum Gasteiger partial charge on any atom is -0.456 e. The number of nitrogens with one attached hydrogen (secondary N) is 1. The summed E-state index contributed by atoms with van der Waals surface area (Å²) in [6.45, 7) is 1.92. The van der Waals surface area contributed by atoms with E-state index in [9.17, 15) is 14.4 Å². The molecule has 2 aromatic rings. The Balaban J connectivity index is 1.76. The molecule has 1 aromatic heterocycles. The van der Waals surface area contributed by atoms with E-state index in [1.165, 1.54) is 16.8 Å². The summed E-state index contributed by atoms with van der Waals surface area (Å²) in [7, 11) is 0. The van der Waals surface area contributed by atoms with Crippen molar-refractivity contribution in [3.63, 3.8) is 0 Å². The van der Waals surface area contributed by atoms with Crippen LogP contribution in [0.2, 0.25) is 0 Å². The lowest BCUT2D eigenvalue weighted by atomic mass is 10.1. The summed E-state index contributed by atoms with van der Waals surface area (Å²) in [5.74, 6) is -0.419. The highest BCUT2D eigenvalue weighted by atomic mass is 16.6. The molecule has 1 N–H and O–H groups in total. The van der Waals surface area contributed by atoms with E-state index in [0.717, 1.165) is 0 Å². The molecule has 7 heteroatoms. The first-order valence-corrected chi connectivity index (χ1v) is 7.81. The molecule has 126 valence electrons. The van der Waals surface area contributed by atoms with Crippen LogP contribution >= 0.6 is 0 Å². The lowest BCUT2D eigenvalue weighted by Crippen LogP contribution is -2.31. The third-order valence-electron chi connectivity index (χ3n) is 4.01. The number of hydrogen-bond acceptors (Lipinski definition) is 5. The number of benzene rings is 1. The van der Waals surface area contributed by atoms with Gasteiger partial charge in [-0.15, -0.1) is 0 Å². The van der Waals surface area contributed by atoms with Crippen molar-refractivity contribution in [2.45, 2.75) is 38.2 Å². The number of H-pyrrole nitrogens is 1. The molecule has 0 bridgehead atoms. The number of ether oxygens (including phenoxy) is 2. The highest BCUT2D eigenvalue weighted by molar-refractivity contribution is 5.89. The van der Waals surface area contributed by atoms with Gasteiger partial charge in [0.15, 0.2) is 0 Å². The Kier molecular flexibility index (Phi) is 4.61. The molecular formula is C17H18N2O5. The van der Waals surface area contributed by atoms with Crippen LogP contribution < -0.4 is 11.2 Å². The largest absolute Gasteiger partial charge is 0.456 e. The number of rotatable bonds is 4. The Labute approximate surface area is 137 Å². The van der Waals surface area contributed by atoms with Gasteiger partial charge in [-0.05, 0) is 18.6 Å². The van der Waals surface area contributed by atoms with Crippen LogP contribution in [0.1, 0.15) is 36.4 Å². The maximum Gasteiger partial charge on any atom is 0.338 e. The Bertz CT molecular complexity index is 827. The van der Waals surface area contributed by atoms with Crippen molar-refractivity contribution in [3.8, 4) is 0 Å². The summed E-state index contributed by atoms with van der Waals surface area (Å²) in [4.78, 5) is 37.5. The first-order valence-electron chi connectivity index (χ1n) is 7.81. The van der Waals surface area contributed by atoms with Crippen LogP contribution in [0.25, 0.3) is 0 Å². The Morgan fingerprint density at radius 2 is 2.04 bits per heavy atom. The fourth-order valence-electron chi connectivity index (χ4n) is 2.79. The first-order chi connectivity index (χ1) is 11.6. The van der Waals surface area contributed by atoms with Crippen molar-refractivity contribution in [3.05, 3.63) is 69.0 Å². The number of aromatic nitrogens is 2. The minimum atomic E-state index is -0.576. The summed E-state index contributed by atoms with van der Waals surface area (Å²) in [5.41, 5.74) is -0.539. The number of aromatic amines is 1. The minimum absolute atomic E-state index is 0.304. The van der Waals surface area contributed by atoms with E-state index in [1.54, 1.807) is 24.3 Å². The lowest BCUT2D eigenvalue weighted by molar-refractivity contribution is -0.0309. The molecular weight excluding hydrogens is 312 g/mol. The van der Waals surface area contributed by atoms with E-state index >= 15 is 0 Å². The highest BCUT2D eigenvalue weighted by Gasteiger charge is 2.38. The van der Waals surface area contributed by atoms with Crippen molar-refractivity contribution in [2.75, 3.05) is 0 Å². The molecule has 0 radical (unpaired) electrons. The van der Waals surface area contributed by atoms with E-state index < -0.39 is 29.6 Å². The third kappa shape index (κ3) is 3.30. The van der Waals surface area contributed by atoms with Gasteiger partial charge in [0.25, 0.3) is 5.56 Å². The molecule has 1 aliphatic rings. The van der Waals surface area contributed by atoms with Gasteiger partial charge in [-0.3, -0.25) is 14.3 Å².